The Morgan fingerprint density at radius 2 is 1.90 bits per heavy atom. The first kappa shape index (κ1) is 18.3. The predicted octanol–water partition coefficient (Wildman–Crippen LogP) is 3.86. The van der Waals surface area contributed by atoms with E-state index in [9.17, 15) is 9.90 Å². The Balaban J connectivity index is 1.63. The third kappa shape index (κ3) is 3.55. The molecule has 0 aliphatic heterocycles. The SMILES string of the molecule is COc1ccc(C(=O)Nc2ccc(O)c(-c3nc4cnccc4o3)c2)cc1OC. The predicted molar refractivity (Wildman–Crippen MR) is 106 cm³/mol. The van der Waals surface area contributed by atoms with Crippen LogP contribution in [0.1, 0.15) is 10.4 Å². The molecule has 8 nitrogen and oxygen atoms in total. The van der Waals surface area contributed by atoms with Crippen molar-refractivity contribution >= 4 is 22.7 Å². The highest BCUT2D eigenvalue weighted by molar-refractivity contribution is 6.05. The molecule has 0 radical (unpaired) electrons. The molecule has 8 heteroatoms. The summed E-state index contributed by atoms with van der Waals surface area (Å²) < 4.78 is 16.1. The van der Waals surface area contributed by atoms with Crippen LogP contribution in [0, 0.1) is 0 Å². The van der Waals surface area contributed by atoms with Gasteiger partial charge in [-0.15, -0.1) is 0 Å². The number of nitrogens with zero attached hydrogens (tertiary/aromatic N) is 2. The molecular formula is C21H17N3O5. The van der Waals surface area contributed by atoms with Crippen LogP contribution in [0.5, 0.6) is 17.2 Å². The summed E-state index contributed by atoms with van der Waals surface area (Å²) in [6.07, 6.45) is 3.17. The van der Waals surface area contributed by atoms with E-state index in [0.29, 0.717) is 39.4 Å². The molecule has 0 aliphatic rings. The maximum Gasteiger partial charge on any atom is 0.255 e. The number of pyridine rings is 1. The zero-order chi connectivity index (χ0) is 20.4. The molecule has 0 saturated carbocycles. The normalized spacial score (nSPS) is 10.7. The zero-order valence-corrected chi connectivity index (χ0v) is 15.7. The molecule has 1 amide bonds. The number of amides is 1. The molecule has 146 valence electrons. The Kier molecular flexibility index (Phi) is 4.74. The van der Waals surface area contributed by atoms with Crippen LogP contribution < -0.4 is 14.8 Å². The number of phenolic OH excluding ortho intramolecular Hbond substituents is 1. The lowest BCUT2D eigenvalue weighted by molar-refractivity contribution is 0.102. The number of aromatic nitrogens is 2. The number of phenols is 1. The molecule has 0 atom stereocenters. The van der Waals surface area contributed by atoms with E-state index in [4.69, 9.17) is 13.9 Å². The lowest BCUT2D eigenvalue weighted by Gasteiger charge is -2.11. The second-order valence-electron chi connectivity index (χ2n) is 6.12. The number of carbonyl (C=O) groups excluding carboxylic acids is 1. The second kappa shape index (κ2) is 7.51. The van der Waals surface area contributed by atoms with E-state index < -0.39 is 0 Å². The first-order chi connectivity index (χ1) is 14.1. The van der Waals surface area contributed by atoms with Crippen molar-refractivity contribution in [1.29, 1.82) is 0 Å². The summed E-state index contributed by atoms with van der Waals surface area (Å²) in [4.78, 5) is 21.0. The number of hydrogen-bond acceptors (Lipinski definition) is 7. The summed E-state index contributed by atoms with van der Waals surface area (Å²) >= 11 is 0. The van der Waals surface area contributed by atoms with Gasteiger partial charge in [-0.3, -0.25) is 9.78 Å². The fourth-order valence-corrected chi connectivity index (χ4v) is 2.86. The minimum absolute atomic E-state index is 0.0198. The van der Waals surface area contributed by atoms with E-state index in [1.54, 1.807) is 48.8 Å². The number of hydrogen-bond donors (Lipinski definition) is 2. The number of nitrogens with one attached hydrogen (secondary N) is 1. The van der Waals surface area contributed by atoms with Gasteiger partial charge in [0, 0.05) is 23.5 Å². The summed E-state index contributed by atoms with van der Waals surface area (Å²) in [5.41, 5.74) is 2.34. The van der Waals surface area contributed by atoms with Gasteiger partial charge < -0.3 is 24.3 Å². The summed E-state index contributed by atoms with van der Waals surface area (Å²) in [5.74, 6) is 0.846. The van der Waals surface area contributed by atoms with E-state index in [0.717, 1.165) is 0 Å². The molecule has 2 aromatic heterocycles. The maximum absolute atomic E-state index is 12.6. The summed E-state index contributed by atoms with van der Waals surface area (Å²) in [5, 5.41) is 13.0. The van der Waals surface area contributed by atoms with E-state index >= 15 is 0 Å². The standard InChI is InChI=1S/C21H17N3O5/c1-27-18-6-3-12(9-19(18)28-2)20(26)23-13-4-5-16(25)14(10-13)21-24-15-11-22-8-7-17(15)29-21/h3-11,25H,1-2H3,(H,23,26). The molecule has 0 aliphatic carbocycles. The summed E-state index contributed by atoms with van der Waals surface area (Å²) in [6, 6.07) is 11.2. The van der Waals surface area contributed by atoms with Gasteiger partial charge in [-0.2, -0.15) is 0 Å². The number of anilines is 1. The Hall–Kier alpha value is -4.07. The van der Waals surface area contributed by atoms with Crippen molar-refractivity contribution in [3.8, 4) is 28.7 Å². The van der Waals surface area contributed by atoms with E-state index in [1.165, 1.54) is 20.3 Å². The highest BCUT2D eigenvalue weighted by Crippen LogP contribution is 2.33. The zero-order valence-electron chi connectivity index (χ0n) is 15.7. The Morgan fingerprint density at radius 1 is 1.07 bits per heavy atom. The number of benzene rings is 2. The molecule has 0 spiro atoms. The van der Waals surface area contributed by atoms with Crippen molar-refractivity contribution in [2.24, 2.45) is 0 Å². The molecule has 4 rings (SSSR count). The monoisotopic (exact) mass is 391 g/mol. The average molecular weight is 391 g/mol. The quantitative estimate of drug-likeness (QED) is 0.497. The molecule has 0 bridgehead atoms. The van der Waals surface area contributed by atoms with Crippen LogP contribution in [0.4, 0.5) is 5.69 Å². The van der Waals surface area contributed by atoms with Crippen molar-refractivity contribution in [3.63, 3.8) is 0 Å². The third-order valence-corrected chi connectivity index (χ3v) is 4.32. The van der Waals surface area contributed by atoms with Crippen LogP contribution in [0.15, 0.2) is 59.3 Å². The number of rotatable bonds is 5. The van der Waals surface area contributed by atoms with Crippen molar-refractivity contribution in [2.45, 2.75) is 0 Å². The van der Waals surface area contributed by atoms with Gasteiger partial charge in [0.25, 0.3) is 5.91 Å². The first-order valence-electron chi connectivity index (χ1n) is 8.66. The van der Waals surface area contributed by atoms with Crippen LogP contribution >= 0.6 is 0 Å². The fourth-order valence-electron chi connectivity index (χ4n) is 2.86. The average Bonchev–Trinajstić information content (AvgIpc) is 3.18. The van der Waals surface area contributed by atoms with Crippen LogP contribution in [0.3, 0.4) is 0 Å². The van der Waals surface area contributed by atoms with E-state index in [2.05, 4.69) is 15.3 Å². The minimum Gasteiger partial charge on any atom is -0.507 e. The van der Waals surface area contributed by atoms with Gasteiger partial charge in [-0.25, -0.2) is 4.98 Å². The molecule has 0 saturated heterocycles. The number of aromatic hydroxyl groups is 1. The van der Waals surface area contributed by atoms with Crippen molar-refractivity contribution in [1.82, 2.24) is 9.97 Å². The first-order valence-corrected chi connectivity index (χ1v) is 8.66. The Bertz CT molecular complexity index is 1170. The topological polar surface area (TPSA) is 107 Å². The molecule has 29 heavy (non-hydrogen) atoms. The van der Waals surface area contributed by atoms with Crippen molar-refractivity contribution < 1.29 is 23.8 Å². The lowest BCUT2D eigenvalue weighted by Crippen LogP contribution is -2.12. The summed E-state index contributed by atoms with van der Waals surface area (Å²) in [6.45, 7) is 0. The van der Waals surface area contributed by atoms with E-state index in [-0.39, 0.29) is 17.5 Å². The Labute approximate surface area is 165 Å². The third-order valence-electron chi connectivity index (χ3n) is 4.32. The Morgan fingerprint density at radius 3 is 2.66 bits per heavy atom. The molecule has 2 aromatic carbocycles. The van der Waals surface area contributed by atoms with Crippen LogP contribution in [0.25, 0.3) is 22.6 Å². The molecule has 4 aromatic rings. The number of methoxy groups -OCH3 is 2. The van der Waals surface area contributed by atoms with Gasteiger partial charge in [0.15, 0.2) is 17.1 Å². The van der Waals surface area contributed by atoms with Gasteiger partial charge in [-0.05, 0) is 36.4 Å². The van der Waals surface area contributed by atoms with Crippen LogP contribution in [-0.4, -0.2) is 35.2 Å². The second-order valence-corrected chi connectivity index (χ2v) is 6.12. The number of oxazole rings is 1. The molecule has 2 N–H and O–H groups in total. The van der Waals surface area contributed by atoms with E-state index in [1.807, 2.05) is 0 Å². The number of fused-ring (bicyclic) bond motifs is 1. The van der Waals surface area contributed by atoms with Gasteiger partial charge >= 0.3 is 0 Å². The minimum atomic E-state index is -0.343. The van der Waals surface area contributed by atoms with Crippen LogP contribution in [-0.2, 0) is 0 Å². The summed E-state index contributed by atoms with van der Waals surface area (Å²) in [7, 11) is 3.03. The maximum atomic E-state index is 12.6. The lowest BCUT2D eigenvalue weighted by atomic mass is 10.1. The van der Waals surface area contributed by atoms with Gasteiger partial charge in [0.2, 0.25) is 5.89 Å². The molecule has 0 fully saturated rings. The number of ether oxygens (including phenoxy) is 2. The molecular weight excluding hydrogens is 374 g/mol. The fraction of sp³-hybridized carbons (Fsp3) is 0.0952. The molecule has 2 heterocycles. The van der Waals surface area contributed by atoms with Gasteiger partial charge in [0.1, 0.15) is 11.3 Å². The highest BCUT2D eigenvalue weighted by Gasteiger charge is 2.15. The largest absolute Gasteiger partial charge is 0.507 e. The smallest absolute Gasteiger partial charge is 0.255 e. The number of carbonyl (C=O) groups is 1. The highest BCUT2D eigenvalue weighted by atomic mass is 16.5. The van der Waals surface area contributed by atoms with Crippen molar-refractivity contribution in [3.05, 3.63) is 60.4 Å². The van der Waals surface area contributed by atoms with Gasteiger partial charge in [0.05, 0.1) is 26.0 Å². The van der Waals surface area contributed by atoms with Crippen LogP contribution in [0.2, 0.25) is 0 Å². The van der Waals surface area contributed by atoms with Gasteiger partial charge in [-0.1, -0.05) is 0 Å². The van der Waals surface area contributed by atoms with Crippen molar-refractivity contribution in [2.75, 3.05) is 19.5 Å². The molecule has 0 unspecified atom stereocenters.